The van der Waals surface area contributed by atoms with Crippen LogP contribution in [0.15, 0.2) is 54.7 Å². The fourth-order valence-electron chi connectivity index (χ4n) is 2.67. The number of para-hydroxylation sites is 2. The number of nitrogens with zero attached hydrogens (tertiary/aromatic N) is 5. The van der Waals surface area contributed by atoms with E-state index in [1.165, 1.54) is 0 Å². The van der Waals surface area contributed by atoms with Crippen molar-refractivity contribution in [2.24, 2.45) is 0 Å². The first-order chi connectivity index (χ1) is 12.2. The average Bonchev–Trinajstić information content (AvgIpc) is 2.98. The Hall–Kier alpha value is -3.48. The van der Waals surface area contributed by atoms with Gasteiger partial charge in [0.1, 0.15) is 11.6 Å². The summed E-state index contributed by atoms with van der Waals surface area (Å²) in [6.45, 7) is 1.92. The van der Waals surface area contributed by atoms with Crippen LogP contribution in [0.4, 0.5) is 11.5 Å². The van der Waals surface area contributed by atoms with Crippen LogP contribution in [0.1, 0.15) is 5.82 Å². The van der Waals surface area contributed by atoms with Crippen LogP contribution in [0.3, 0.4) is 0 Å². The summed E-state index contributed by atoms with van der Waals surface area (Å²) in [7, 11) is 1.64. The molecule has 1 N–H and O–H groups in total. The van der Waals surface area contributed by atoms with E-state index < -0.39 is 0 Å². The predicted molar refractivity (Wildman–Crippen MR) is 95.5 cm³/mol. The lowest BCUT2D eigenvalue weighted by molar-refractivity contribution is 0.415. The lowest BCUT2D eigenvalue weighted by Gasteiger charge is -2.08. The molecule has 0 fully saturated rings. The summed E-state index contributed by atoms with van der Waals surface area (Å²) in [5, 5.41) is 11.5. The number of ether oxygens (including phenoxy) is 1. The quantitative estimate of drug-likeness (QED) is 0.618. The molecule has 7 heteroatoms. The minimum atomic E-state index is 0.477. The van der Waals surface area contributed by atoms with Gasteiger partial charge in [-0.3, -0.25) is 4.57 Å². The molecule has 0 aliphatic rings. The smallest absolute Gasteiger partial charge is 0.257 e. The Labute approximate surface area is 144 Å². The second kappa shape index (κ2) is 6.20. The number of hydrogen-bond acceptors (Lipinski definition) is 6. The van der Waals surface area contributed by atoms with Gasteiger partial charge in [0.05, 0.1) is 24.3 Å². The maximum atomic E-state index is 5.17. The molecule has 25 heavy (non-hydrogen) atoms. The zero-order chi connectivity index (χ0) is 17.2. The average molecular weight is 332 g/mol. The van der Waals surface area contributed by atoms with Crippen LogP contribution in [-0.2, 0) is 0 Å². The summed E-state index contributed by atoms with van der Waals surface area (Å²) >= 11 is 0. The van der Waals surface area contributed by atoms with Gasteiger partial charge in [-0.25, -0.2) is 4.98 Å². The lowest BCUT2D eigenvalue weighted by Crippen LogP contribution is -2.06. The summed E-state index contributed by atoms with van der Waals surface area (Å²) in [5.41, 5.74) is 2.74. The Kier molecular flexibility index (Phi) is 3.74. The number of rotatable bonds is 4. The Balaban J connectivity index is 1.70. The summed E-state index contributed by atoms with van der Waals surface area (Å²) in [6, 6.07) is 15.5. The molecule has 2 aromatic carbocycles. The van der Waals surface area contributed by atoms with E-state index in [1.54, 1.807) is 13.3 Å². The van der Waals surface area contributed by atoms with E-state index in [9.17, 15) is 0 Å². The number of anilines is 2. The van der Waals surface area contributed by atoms with Crippen molar-refractivity contribution in [3.05, 3.63) is 60.6 Å². The maximum absolute atomic E-state index is 5.17. The molecule has 0 amide bonds. The van der Waals surface area contributed by atoms with E-state index in [1.807, 2.05) is 60.0 Å². The first-order valence-corrected chi connectivity index (χ1v) is 7.80. The van der Waals surface area contributed by atoms with Gasteiger partial charge >= 0.3 is 0 Å². The van der Waals surface area contributed by atoms with Crippen molar-refractivity contribution in [1.29, 1.82) is 0 Å². The number of methoxy groups -OCH3 is 1. The van der Waals surface area contributed by atoms with Crippen molar-refractivity contribution in [3.63, 3.8) is 0 Å². The Morgan fingerprint density at radius 1 is 1.00 bits per heavy atom. The molecule has 2 aromatic heterocycles. The largest absolute Gasteiger partial charge is 0.497 e. The Morgan fingerprint density at radius 3 is 2.60 bits per heavy atom. The second-order valence-electron chi connectivity index (χ2n) is 5.48. The van der Waals surface area contributed by atoms with Crippen molar-refractivity contribution in [2.45, 2.75) is 6.92 Å². The number of aryl methyl sites for hydroxylation is 1. The third-order valence-electron chi connectivity index (χ3n) is 3.84. The standard InChI is InChI=1S/C18H16N6O/c1-12-20-15-5-3-4-6-16(15)24(12)18-22-17(11-19-23-18)21-13-7-9-14(25-2)10-8-13/h3-11H,1-2H3,(H,21,22,23). The molecule has 0 unspecified atom stereocenters. The van der Waals surface area contributed by atoms with Crippen LogP contribution < -0.4 is 10.1 Å². The molecule has 2 heterocycles. The van der Waals surface area contributed by atoms with Crippen LogP contribution in [-0.4, -0.2) is 31.8 Å². The highest BCUT2D eigenvalue weighted by Crippen LogP contribution is 2.21. The van der Waals surface area contributed by atoms with E-state index >= 15 is 0 Å². The lowest BCUT2D eigenvalue weighted by atomic mass is 10.3. The first-order valence-electron chi connectivity index (χ1n) is 7.80. The predicted octanol–water partition coefficient (Wildman–Crippen LogP) is 3.27. The third-order valence-corrected chi connectivity index (χ3v) is 3.84. The molecule has 0 saturated carbocycles. The number of aromatic nitrogens is 5. The molecule has 0 radical (unpaired) electrons. The monoisotopic (exact) mass is 332 g/mol. The molecule has 7 nitrogen and oxygen atoms in total. The van der Waals surface area contributed by atoms with E-state index in [0.717, 1.165) is 28.3 Å². The van der Waals surface area contributed by atoms with Crippen LogP contribution in [0.5, 0.6) is 5.75 Å². The van der Waals surface area contributed by atoms with Gasteiger partial charge in [0.2, 0.25) is 0 Å². The summed E-state index contributed by atoms with van der Waals surface area (Å²) in [4.78, 5) is 9.11. The first kappa shape index (κ1) is 15.1. The van der Waals surface area contributed by atoms with Crippen molar-refractivity contribution < 1.29 is 4.74 Å². The normalized spacial score (nSPS) is 10.8. The van der Waals surface area contributed by atoms with Gasteiger partial charge < -0.3 is 10.1 Å². The van der Waals surface area contributed by atoms with E-state index in [-0.39, 0.29) is 0 Å². The minimum Gasteiger partial charge on any atom is -0.497 e. The zero-order valence-corrected chi connectivity index (χ0v) is 13.8. The molecule has 0 bridgehead atoms. The molecule has 0 aliphatic carbocycles. The molecule has 0 aliphatic heterocycles. The molecular weight excluding hydrogens is 316 g/mol. The molecular formula is C18H16N6O. The van der Waals surface area contributed by atoms with E-state index in [4.69, 9.17) is 4.74 Å². The van der Waals surface area contributed by atoms with Crippen molar-refractivity contribution in [2.75, 3.05) is 12.4 Å². The topological polar surface area (TPSA) is 77.8 Å². The van der Waals surface area contributed by atoms with Crippen LogP contribution in [0.25, 0.3) is 17.0 Å². The van der Waals surface area contributed by atoms with Crippen molar-refractivity contribution in [3.8, 4) is 11.7 Å². The summed E-state index contributed by atoms with van der Waals surface area (Å²) in [6.07, 6.45) is 1.59. The molecule has 0 spiro atoms. The van der Waals surface area contributed by atoms with Crippen molar-refractivity contribution in [1.82, 2.24) is 24.7 Å². The second-order valence-corrected chi connectivity index (χ2v) is 5.48. The molecule has 4 aromatic rings. The van der Waals surface area contributed by atoms with Crippen LogP contribution in [0, 0.1) is 6.92 Å². The van der Waals surface area contributed by atoms with E-state index in [2.05, 4.69) is 25.5 Å². The van der Waals surface area contributed by atoms with Crippen LogP contribution in [0.2, 0.25) is 0 Å². The van der Waals surface area contributed by atoms with Gasteiger partial charge in [0, 0.05) is 5.69 Å². The number of imidazole rings is 1. The highest BCUT2D eigenvalue weighted by Gasteiger charge is 2.12. The number of benzene rings is 2. The third kappa shape index (κ3) is 2.87. The molecule has 4 rings (SSSR count). The van der Waals surface area contributed by atoms with Crippen molar-refractivity contribution >= 4 is 22.5 Å². The summed E-state index contributed by atoms with van der Waals surface area (Å²) < 4.78 is 7.06. The minimum absolute atomic E-state index is 0.477. The Morgan fingerprint density at radius 2 is 1.80 bits per heavy atom. The number of hydrogen-bond donors (Lipinski definition) is 1. The highest BCUT2D eigenvalue weighted by atomic mass is 16.5. The Bertz CT molecular complexity index is 1030. The zero-order valence-electron chi connectivity index (χ0n) is 13.8. The van der Waals surface area contributed by atoms with Gasteiger partial charge in [-0.2, -0.15) is 10.1 Å². The molecule has 0 atom stereocenters. The van der Waals surface area contributed by atoms with Gasteiger partial charge in [0.15, 0.2) is 5.82 Å². The fourth-order valence-corrected chi connectivity index (χ4v) is 2.67. The van der Waals surface area contributed by atoms with Crippen LogP contribution >= 0.6 is 0 Å². The van der Waals surface area contributed by atoms with Gasteiger partial charge in [-0.1, -0.05) is 12.1 Å². The molecule has 124 valence electrons. The highest BCUT2D eigenvalue weighted by molar-refractivity contribution is 5.77. The maximum Gasteiger partial charge on any atom is 0.257 e. The molecule has 0 saturated heterocycles. The van der Waals surface area contributed by atoms with E-state index in [0.29, 0.717) is 11.8 Å². The fraction of sp³-hybridized carbons (Fsp3) is 0.111. The SMILES string of the molecule is COc1ccc(Nc2cnnc(-n3c(C)nc4ccccc43)n2)cc1. The summed E-state index contributed by atoms with van der Waals surface area (Å²) in [5.74, 6) is 2.69. The van der Waals surface area contributed by atoms with Gasteiger partial charge in [-0.15, -0.1) is 5.10 Å². The number of nitrogens with one attached hydrogen (secondary N) is 1. The van der Waals surface area contributed by atoms with Gasteiger partial charge in [-0.05, 0) is 43.3 Å². The number of fused-ring (bicyclic) bond motifs is 1. The van der Waals surface area contributed by atoms with Gasteiger partial charge in [0.25, 0.3) is 5.95 Å².